The number of primary sulfonamides is 1. The van der Waals surface area contributed by atoms with Crippen LogP contribution in [0.1, 0.15) is 48.2 Å². The summed E-state index contributed by atoms with van der Waals surface area (Å²) in [4.78, 5) is 11.7. The second-order valence-corrected chi connectivity index (χ2v) is 6.12. The van der Waals surface area contributed by atoms with Crippen LogP contribution in [0.4, 0.5) is 0 Å². The van der Waals surface area contributed by atoms with Gasteiger partial charge < -0.3 is 4.74 Å². The molecule has 0 saturated carbocycles. The lowest BCUT2D eigenvalue weighted by molar-refractivity contribution is 0.0599. The van der Waals surface area contributed by atoms with E-state index in [1.54, 1.807) is 6.07 Å². The van der Waals surface area contributed by atoms with Crippen molar-refractivity contribution in [3.05, 3.63) is 28.8 Å². The average Bonchev–Trinajstić information content (AvgIpc) is 2.34. The molecule has 1 rings (SSSR count). The van der Waals surface area contributed by atoms with E-state index < -0.39 is 16.0 Å². The molecule has 0 heterocycles. The maximum absolute atomic E-state index is 11.7. The average molecular weight is 285 g/mol. The Morgan fingerprint density at radius 2 is 1.95 bits per heavy atom. The molecule has 0 fully saturated rings. The van der Waals surface area contributed by atoms with Gasteiger partial charge in [0.25, 0.3) is 0 Å². The van der Waals surface area contributed by atoms with Gasteiger partial charge in [-0.05, 0) is 29.5 Å². The van der Waals surface area contributed by atoms with Crippen molar-refractivity contribution in [3.8, 4) is 0 Å². The second kappa shape index (κ2) is 5.71. The largest absolute Gasteiger partial charge is 0.465 e. The Morgan fingerprint density at radius 3 is 2.32 bits per heavy atom. The van der Waals surface area contributed by atoms with Crippen LogP contribution in [-0.2, 0) is 21.2 Å². The van der Waals surface area contributed by atoms with Gasteiger partial charge in [0, 0.05) is 0 Å². The van der Waals surface area contributed by atoms with Crippen molar-refractivity contribution in [2.45, 2.75) is 38.0 Å². The van der Waals surface area contributed by atoms with E-state index in [1.807, 2.05) is 20.8 Å². The molecule has 0 radical (unpaired) electrons. The Kier molecular flexibility index (Phi) is 4.70. The maximum Gasteiger partial charge on any atom is 0.338 e. The van der Waals surface area contributed by atoms with Crippen LogP contribution in [0, 0.1) is 0 Å². The lowest BCUT2D eigenvalue weighted by Crippen LogP contribution is -2.18. The van der Waals surface area contributed by atoms with Crippen molar-refractivity contribution in [1.29, 1.82) is 0 Å². The van der Waals surface area contributed by atoms with Gasteiger partial charge in [0.05, 0.1) is 17.6 Å². The number of sulfonamides is 1. The van der Waals surface area contributed by atoms with E-state index in [9.17, 15) is 13.2 Å². The summed E-state index contributed by atoms with van der Waals surface area (Å²) in [5.74, 6) is -0.567. The Bertz CT molecular complexity index is 591. The molecule has 2 N–H and O–H groups in total. The molecule has 6 heteroatoms. The first-order chi connectivity index (χ1) is 8.72. The lowest BCUT2D eigenvalue weighted by atomic mass is 9.96. The smallest absolute Gasteiger partial charge is 0.338 e. The van der Waals surface area contributed by atoms with Crippen LogP contribution in [0.15, 0.2) is 17.0 Å². The summed E-state index contributed by atoms with van der Waals surface area (Å²) in [5.41, 5.74) is 1.62. The lowest BCUT2D eigenvalue weighted by Gasteiger charge is -2.15. The van der Waals surface area contributed by atoms with E-state index in [1.165, 1.54) is 13.2 Å². The van der Waals surface area contributed by atoms with Crippen molar-refractivity contribution in [2.75, 3.05) is 7.11 Å². The predicted octanol–water partition coefficient (Wildman–Crippen LogP) is 1.81. The van der Waals surface area contributed by atoms with E-state index >= 15 is 0 Å². The summed E-state index contributed by atoms with van der Waals surface area (Å²) in [6.45, 7) is 5.64. The number of esters is 1. The fourth-order valence-corrected chi connectivity index (χ4v) is 2.84. The Balaban J connectivity index is 3.66. The molecule has 19 heavy (non-hydrogen) atoms. The third kappa shape index (κ3) is 3.33. The summed E-state index contributed by atoms with van der Waals surface area (Å²) < 4.78 is 28.0. The van der Waals surface area contributed by atoms with E-state index in [2.05, 4.69) is 4.74 Å². The highest BCUT2D eigenvalue weighted by atomic mass is 32.2. The number of aryl methyl sites for hydroxylation is 1. The zero-order valence-electron chi connectivity index (χ0n) is 11.6. The van der Waals surface area contributed by atoms with Crippen LogP contribution in [-0.4, -0.2) is 21.5 Å². The standard InChI is InChI=1S/C13H19NO4S/c1-5-9-6-10(8(2)3)12(19(14,16)17)7-11(9)13(15)18-4/h6-8H,5H2,1-4H3,(H2,14,16,17). The molecule has 0 amide bonds. The molecule has 0 bridgehead atoms. The monoisotopic (exact) mass is 285 g/mol. The summed E-state index contributed by atoms with van der Waals surface area (Å²) in [6.07, 6.45) is 0.606. The number of methoxy groups -OCH3 is 1. The molecule has 0 atom stereocenters. The maximum atomic E-state index is 11.7. The van der Waals surface area contributed by atoms with E-state index in [4.69, 9.17) is 5.14 Å². The molecule has 0 aromatic heterocycles. The summed E-state index contributed by atoms with van der Waals surface area (Å²) in [5, 5.41) is 5.22. The molecular formula is C13H19NO4S. The second-order valence-electron chi connectivity index (χ2n) is 4.59. The van der Waals surface area contributed by atoms with Crippen molar-refractivity contribution < 1.29 is 17.9 Å². The van der Waals surface area contributed by atoms with Gasteiger partial charge in [-0.25, -0.2) is 18.4 Å². The van der Waals surface area contributed by atoms with Crippen LogP contribution in [0.25, 0.3) is 0 Å². The summed E-state index contributed by atoms with van der Waals surface area (Å²) in [6, 6.07) is 3.03. The molecule has 0 spiro atoms. The number of hydrogen-bond donors (Lipinski definition) is 1. The molecule has 0 aliphatic rings. The SMILES string of the molecule is CCc1cc(C(C)C)c(S(N)(=O)=O)cc1C(=O)OC. The highest BCUT2D eigenvalue weighted by Gasteiger charge is 2.22. The number of benzene rings is 1. The number of carbonyl (C=O) groups is 1. The van der Waals surface area contributed by atoms with Crippen molar-refractivity contribution in [1.82, 2.24) is 0 Å². The molecule has 0 saturated heterocycles. The third-order valence-corrected chi connectivity index (χ3v) is 3.92. The Labute approximate surface area is 113 Å². The number of rotatable bonds is 4. The van der Waals surface area contributed by atoms with Gasteiger partial charge in [0.15, 0.2) is 0 Å². The molecule has 0 aliphatic carbocycles. The zero-order valence-corrected chi connectivity index (χ0v) is 12.4. The minimum atomic E-state index is -3.88. The highest BCUT2D eigenvalue weighted by Crippen LogP contribution is 2.27. The van der Waals surface area contributed by atoms with Crippen molar-refractivity contribution >= 4 is 16.0 Å². The van der Waals surface area contributed by atoms with E-state index in [0.717, 1.165) is 5.56 Å². The van der Waals surface area contributed by atoms with Gasteiger partial charge >= 0.3 is 5.97 Å². The molecule has 1 aromatic carbocycles. The molecular weight excluding hydrogens is 266 g/mol. The van der Waals surface area contributed by atoms with Gasteiger partial charge in [0.2, 0.25) is 10.0 Å². The van der Waals surface area contributed by atoms with E-state index in [-0.39, 0.29) is 16.4 Å². The number of nitrogens with two attached hydrogens (primary N) is 1. The topological polar surface area (TPSA) is 86.5 Å². The first-order valence-corrected chi connectivity index (χ1v) is 7.54. The van der Waals surface area contributed by atoms with Gasteiger partial charge in [-0.1, -0.05) is 26.8 Å². The Hall–Kier alpha value is -1.40. The quantitative estimate of drug-likeness (QED) is 0.855. The normalized spacial score (nSPS) is 11.7. The number of carbonyl (C=O) groups excluding carboxylic acids is 1. The van der Waals surface area contributed by atoms with Crippen LogP contribution < -0.4 is 5.14 Å². The predicted molar refractivity (Wildman–Crippen MR) is 72.6 cm³/mol. The van der Waals surface area contributed by atoms with Crippen molar-refractivity contribution in [2.24, 2.45) is 5.14 Å². The van der Waals surface area contributed by atoms with Crippen LogP contribution in [0.3, 0.4) is 0 Å². The first kappa shape index (κ1) is 15.7. The van der Waals surface area contributed by atoms with Gasteiger partial charge in [-0.15, -0.1) is 0 Å². The van der Waals surface area contributed by atoms with E-state index in [0.29, 0.717) is 12.0 Å². The summed E-state index contributed by atoms with van der Waals surface area (Å²) in [7, 11) is -2.62. The third-order valence-electron chi connectivity index (χ3n) is 2.95. The number of ether oxygens (including phenoxy) is 1. The fraction of sp³-hybridized carbons (Fsp3) is 0.462. The Morgan fingerprint density at radius 1 is 1.37 bits per heavy atom. The summed E-state index contributed by atoms with van der Waals surface area (Å²) >= 11 is 0. The van der Waals surface area contributed by atoms with Crippen LogP contribution in [0.2, 0.25) is 0 Å². The molecule has 0 aliphatic heterocycles. The van der Waals surface area contributed by atoms with Crippen LogP contribution >= 0.6 is 0 Å². The number of hydrogen-bond acceptors (Lipinski definition) is 4. The fourth-order valence-electron chi connectivity index (χ4n) is 1.93. The van der Waals surface area contributed by atoms with Gasteiger partial charge in [0.1, 0.15) is 0 Å². The zero-order chi connectivity index (χ0) is 14.8. The van der Waals surface area contributed by atoms with Gasteiger partial charge in [-0.2, -0.15) is 0 Å². The van der Waals surface area contributed by atoms with Gasteiger partial charge in [-0.3, -0.25) is 0 Å². The molecule has 5 nitrogen and oxygen atoms in total. The molecule has 0 unspecified atom stereocenters. The molecule has 1 aromatic rings. The minimum Gasteiger partial charge on any atom is -0.465 e. The molecule has 106 valence electrons. The minimum absolute atomic E-state index is 0.00896. The van der Waals surface area contributed by atoms with Crippen LogP contribution in [0.5, 0.6) is 0 Å². The van der Waals surface area contributed by atoms with Crippen molar-refractivity contribution in [3.63, 3.8) is 0 Å². The first-order valence-electron chi connectivity index (χ1n) is 6.00. The highest BCUT2D eigenvalue weighted by molar-refractivity contribution is 7.89.